The highest BCUT2D eigenvalue weighted by molar-refractivity contribution is 7.98. The molecule has 0 aromatic heterocycles. The number of carbonyl (C=O) groups excluding carboxylic acids is 1. The molecule has 0 atom stereocenters. The molecule has 6 heteroatoms. The van der Waals surface area contributed by atoms with E-state index < -0.39 is 0 Å². The first-order chi connectivity index (χ1) is 8.27. The zero-order valence-corrected chi connectivity index (χ0v) is 12.7. The molecule has 0 spiro atoms. The van der Waals surface area contributed by atoms with Gasteiger partial charge in [0, 0.05) is 31.9 Å². The number of rotatable bonds is 7. The summed E-state index contributed by atoms with van der Waals surface area (Å²) in [4.78, 5) is 13.8. The van der Waals surface area contributed by atoms with E-state index in [2.05, 4.69) is 0 Å². The summed E-state index contributed by atoms with van der Waals surface area (Å²) in [6, 6.07) is 0. The van der Waals surface area contributed by atoms with Crippen molar-refractivity contribution in [2.24, 2.45) is 5.73 Å². The fraction of sp³-hybridized carbons (Fsp3) is 0.917. The molecule has 1 amide bonds. The lowest BCUT2D eigenvalue weighted by Crippen LogP contribution is -2.41. The number of hydrogen-bond acceptors (Lipinski definition) is 4. The lowest BCUT2D eigenvalue weighted by Gasteiger charge is -2.32. The molecule has 108 valence electrons. The number of nitrogens with two attached hydrogens (primary N) is 1. The van der Waals surface area contributed by atoms with Gasteiger partial charge in [0.15, 0.2) is 0 Å². The predicted octanol–water partition coefficient (Wildman–Crippen LogP) is 1.52. The summed E-state index contributed by atoms with van der Waals surface area (Å²) in [7, 11) is 0. The van der Waals surface area contributed by atoms with Gasteiger partial charge in [-0.05, 0) is 32.1 Å². The van der Waals surface area contributed by atoms with Crippen molar-refractivity contribution in [3.63, 3.8) is 0 Å². The Morgan fingerprint density at radius 2 is 2.11 bits per heavy atom. The van der Waals surface area contributed by atoms with Crippen molar-refractivity contribution >= 4 is 30.1 Å². The second kappa shape index (κ2) is 10.9. The van der Waals surface area contributed by atoms with Crippen molar-refractivity contribution < 1.29 is 9.53 Å². The van der Waals surface area contributed by atoms with Crippen LogP contribution in [0.3, 0.4) is 0 Å². The second-order valence-corrected chi connectivity index (χ2v) is 5.32. The Balaban J connectivity index is 0.00000289. The summed E-state index contributed by atoms with van der Waals surface area (Å²) in [5.41, 5.74) is 5.42. The molecule has 0 saturated carbocycles. The van der Waals surface area contributed by atoms with Crippen molar-refractivity contribution in [1.82, 2.24) is 4.90 Å². The summed E-state index contributed by atoms with van der Waals surface area (Å²) in [6.07, 6.45) is 5.88. The van der Waals surface area contributed by atoms with Crippen LogP contribution in [0, 0.1) is 0 Å². The third-order valence-corrected chi connectivity index (χ3v) is 3.63. The molecule has 1 fully saturated rings. The summed E-state index contributed by atoms with van der Waals surface area (Å²) < 4.78 is 5.71. The van der Waals surface area contributed by atoms with Gasteiger partial charge < -0.3 is 15.4 Å². The number of piperidine rings is 1. The molecule has 0 unspecified atom stereocenters. The van der Waals surface area contributed by atoms with E-state index in [0.717, 1.165) is 44.7 Å². The van der Waals surface area contributed by atoms with Crippen molar-refractivity contribution in [3.05, 3.63) is 0 Å². The van der Waals surface area contributed by atoms with Crippen LogP contribution in [0.4, 0.5) is 0 Å². The van der Waals surface area contributed by atoms with Gasteiger partial charge in [0.05, 0.1) is 6.10 Å². The summed E-state index contributed by atoms with van der Waals surface area (Å²) in [6.45, 7) is 3.13. The van der Waals surface area contributed by atoms with Gasteiger partial charge in [0.25, 0.3) is 0 Å². The topological polar surface area (TPSA) is 55.6 Å². The highest BCUT2D eigenvalue weighted by Gasteiger charge is 2.22. The van der Waals surface area contributed by atoms with Crippen LogP contribution in [0.1, 0.15) is 25.7 Å². The maximum atomic E-state index is 11.8. The zero-order chi connectivity index (χ0) is 12.5. The van der Waals surface area contributed by atoms with E-state index in [-0.39, 0.29) is 12.4 Å². The summed E-state index contributed by atoms with van der Waals surface area (Å²) in [5.74, 6) is 1.21. The second-order valence-electron chi connectivity index (χ2n) is 4.34. The molecule has 0 aromatic rings. The first-order valence-corrected chi connectivity index (χ1v) is 7.75. The predicted molar refractivity (Wildman–Crippen MR) is 79.5 cm³/mol. The number of likely N-dealkylation sites (tertiary alicyclic amines) is 1. The molecule has 0 bridgehead atoms. The van der Waals surface area contributed by atoms with Gasteiger partial charge in [-0.2, -0.15) is 11.8 Å². The third-order valence-electron chi connectivity index (χ3n) is 3.02. The standard InChI is InChI=1S/C12H24N2O2S.ClH/c1-17-10-5-12(15)14-7-3-11(4-8-14)16-9-2-6-13;/h11H,2-10,13H2,1H3;1H. The van der Waals surface area contributed by atoms with Crippen LogP contribution in [-0.2, 0) is 9.53 Å². The number of ether oxygens (including phenoxy) is 1. The van der Waals surface area contributed by atoms with Crippen molar-refractivity contribution in [2.75, 3.05) is 38.2 Å². The molecule has 0 radical (unpaired) electrons. The molecule has 1 aliphatic heterocycles. The third kappa shape index (κ3) is 6.83. The van der Waals surface area contributed by atoms with E-state index >= 15 is 0 Å². The molecule has 1 heterocycles. The quantitative estimate of drug-likeness (QED) is 0.724. The highest BCUT2D eigenvalue weighted by Crippen LogP contribution is 2.15. The molecule has 1 aliphatic rings. The van der Waals surface area contributed by atoms with E-state index in [0.29, 0.717) is 25.0 Å². The fourth-order valence-electron chi connectivity index (χ4n) is 1.95. The number of thioether (sulfide) groups is 1. The van der Waals surface area contributed by atoms with Gasteiger partial charge in [-0.1, -0.05) is 0 Å². The first-order valence-electron chi connectivity index (χ1n) is 6.36. The smallest absolute Gasteiger partial charge is 0.223 e. The van der Waals surface area contributed by atoms with Gasteiger partial charge in [-0.15, -0.1) is 12.4 Å². The van der Waals surface area contributed by atoms with Gasteiger partial charge in [0.1, 0.15) is 0 Å². The highest BCUT2D eigenvalue weighted by atomic mass is 35.5. The normalized spacial score (nSPS) is 16.4. The number of carbonyl (C=O) groups is 1. The minimum atomic E-state index is 0. The zero-order valence-electron chi connectivity index (χ0n) is 11.1. The van der Waals surface area contributed by atoms with Crippen LogP contribution in [-0.4, -0.2) is 55.2 Å². The molecule has 2 N–H and O–H groups in total. The van der Waals surface area contributed by atoms with Crippen molar-refractivity contribution in [2.45, 2.75) is 31.8 Å². The monoisotopic (exact) mass is 296 g/mol. The Kier molecular flexibility index (Phi) is 10.9. The van der Waals surface area contributed by atoms with E-state index in [1.165, 1.54) is 0 Å². The van der Waals surface area contributed by atoms with Gasteiger partial charge in [-0.25, -0.2) is 0 Å². The van der Waals surface area contributed by atoms with E-state index in [1.807, 2.05) is 11.2 Å². The maximum absolute atomic E-state index is 11.8. The Morgan fingerprint density at radius 3 is 2.67 bits per heavy atom. The maximum Gasteiger partial charge on any atom is 0.223 e. The molecular weight excluding hydrogens is 272 g/mol. The molecule has 4 nitrogen and oxygen atoms in total. The fourth-order valence-corrected chi connectivity index (χ4v) is 2.33. The van der Waals surface area contributed by atoms with Crippen LogP contribution in [0.2, 0.25) is 0 Å². The molecular formula is C12H25ClN2O2S. The Labute approximate surface area is 120 Å². The van der Waals surface area contributed by atoms with E-state index in [4.69, 9.17) is 10.5 Å². The first kappa shape index (κ1) is 18.0. The average molecular weight is 297 g/mol. The SMILES string of the molecule is CSCCC(=O)N1CCC(OCCCN)CC1.Cl. The number of halogens is 1. The summed E-state index contributed by atoms with van der Waals surface area (Å²) >= 11 is 1.72. The number of amides is 1. The van der Waals surface area contributed by atoms with E-state index in [1.54, 1.807) is 11.8 Å². The van der Waals surface area contributed by atoms with Gasteiger partial charge in [0.2, 0.25) is 5.91 Å². The molecule has 18 heavy (non-hydrogen) atoms. The minimum absolute atomic E-state index is 0. The van der Waals surface area contributed by atoms with Crippen LogP contribution < -0.4 is 5.73 Å². The number of nitrogens with zero attached hydrogens (tertiary/aromatic N) is 1. The largest absolute Gasteiger partial charge is 0.378 e. The average Bonchev–Trinajstić information content (AvgIpc) is 2.37. The van der Waals surface area contributed by atoms with E-state index in [9.17, 15) is 4.79 Å². The van der Waals surface area contributed by atoms with Crippen molar-refractivity contribution in [3.8, 4) is 0 Å². The lowest BCUT2D eigenvalue weighted by molar-refractivity contribution is -0.133. The molecule has 0 aromatic carbocycles. The van der Waals surface area contributed by atoms with Crippen LogP contribution in [0.15, 0.2) is 0 Å². The Bertz CT molecular complexity index is 224. The lowest BCUT2D eigenvalue weighted by atomic mass is 10.1. The Hall–Kier alpha value is 0.0300. The minimum Gasteiger partial charge on any atom is -0.378 e. The molecule has 0 aliphatic carbocycles. The van der Waals surface area contributed by atoms with Crippen molar-refractivity contribution in [1.29, 1.82) is 0 Å². The Morgan fingerprint density at radius 1 is 1.44 bits per heavy atom. The molecule has 1 rings (SSSR count). The van der Waals surface area contributed by atoms with Crippen LogP contribution >= 0.6 is 24.2 Å². The van der Waals surface area contributed by atoms with Crippen LogP contribution in [0.25, 0.3) is 0 Å². The van der Waals surface area contributed by atoms with Crippen LogP contribution in [0.5, 0.6) is 0 Å². The van der Waals surface area contributed by atoms with Gasteiger partial charge >= 0.3 is 0 Å². The molecule has 1 saturated heterocycles. The van der Waals surface area contributed by atoms with Gasteiger partial charge in [-0.3, -0.25) is 4.79 Å². The number of hydrogen-bond donors (Lipinski definition) is 1. The summed E-state index contributed by atoms with van der Waals surface area (Å²) in [5, 5.41) is 0.